The number of thiazole rings is 1. The Labute approximate surface area is 199 Å². The van der Waals surface area contributed by atoms with Crippen LogP contribution in [0.2, 0.25) is 0 Å². The van der Waals surface area contributed by atoms with Crippen LogP contribution in [0.5, 0.6) is 5.75 Å². The number of piperidine rings is 1. The molecule has 5 rings (SSSR count). The predicted octanol–water partition coefficient (Wildman–Crippen LogP) is 3.54. The molecule has 0 saturated carbocycles. The molecule has 2 saturated heterocycles. The molecule has 33 heavy (non-hydrogen) atoms. The van der Waals surface area contributed by atoms with Crippen molar-refractivity contribution >= 4 is 23.3 Å². The van der Waals surface area contributed by atoms with Crippen LogP contribution < -0.4 is 10.1 Å². The van der Waals surface area contributed by atoms with Gasteiger partial charge in [0.1, 0.15) is 11.3 Å². The second-order valence-electron chi connectivity index (χ2n) is 9.41. The number of nitrogens with one attached hydrogen (secondary N) is 1. The highest BCUT2D eigenvalue weighted by Crippen LogP contribution is 2.37. The molecule has 176 valence electrons. The molecule has 1 aromatic carbocycles. The fraction of sp³-hybridized carbons (Fsp3) is 0.560. The summed E-state index contributed by atoms with van der Waals surface area (Å²) in [7, 11) is 0. The van der Waals surface area contributed by atoms with Gasteiger partial charge < -0.3 is 10.1 Å². The lowest BCUT2D eigenvalue weighted by atomic mass is 9.75. The van der Waals surface area contributed by atoms with Gasteiger partial charge in [-0.2, -0.15) is 0 Å². The SMILES string of the molecule is CC[C@]1(C2CCN(Cc3ccc4c(c3)CCO4)CC2)NC(=O)N(CCc2scnc2C)C1=O. The molecule has 2 aromatic rings. The highest BCUT2D eigenvalue weighted by molar-refractivity contribution is 7.09. The van der Waals surface area contributed by atoms with Gasteiger partial charge in [-0.1, -0.05) is 19.1 Å². The molecule has 0 unspecified atom stereocenters. The van der Waals surface area contributed by atoms with E-state index in [-0.39, 0.29) is 17.9 Å². The van der Waals surface area contributed by atoms with Crippen LogP contribution >= 0.6 is 11.3 Å². The lowest BCUT2D eigenvalue weighted by Gasteiger charge is -2.40. The first-order valence-corrected chi connectivity index (χ1v) is 12.9. The Morgan fingerprint density at radius 3 is 2.82 bits per heavy atom. The van der Waals surface area contributed by atoms with Crippen molar-refractivity contribution in [2.75, 3.05) is 26.2 Å². The van der Waals surface area contributed by atoms with Crippen LogP contribution in [0.1, 0.15) is 47.9 Å². The van der Waals surface area contributed by atoms with Crippen LogP contribution in [-0.4, -0.2) is 58.5 Å². The van der Waals surface area contributed by atoms with Crippen molar-refractivity contribution in [3.8, 4) is 5.75 Å². The van der Waals surface area contributed by atoms with E-state index < -0.39 is 5.54 Å². The third kappa shape index (κ3) is 4.15. The van der Waals surface area contributed by atoms with Crippen molar-refractivity contribution in [2.45, 2.75) is 58.0 Å². The van der Waals surface area contributed by atoms with E-state index >= 15 is 0 Å². The Balaban J connectivity index is 1.21. The van der Waals surface area contributed by atoms with Crippen molar-refractivity contribution in [3.63, 3.8) is 0 Å². The summed E-state index contributed by atoms with van der Waals surface area (Å²) < 4.78 is 5.62. The molecule has 3 aliphatic heterocycles. The summed E-state index contributed by atoms with van der Waals surface area (Å²) in [5, 5.41) is 3.12. The number of ether oxygens (including phenoxy) is 1. The average Bonchev–Trinajstić information content (AvgIpc) is 3.51. The largest absolute Gasteiger partial charge is 0.493 e. The van der Waals surface area contributed by atoms with Crippen LogP contribution in [0, 0.1) is 12.8 Å². The van der Waals surface area contributed by atoms with Gasteiger partial charge in [0.25, 0.3) is 5.91 Å². The summed E-state index contributed by atoms with van der Waals surface area (Å²) in [5.41, 5.74) is 4.66. The number of urea groups is 1. The number of benzene rings is 1. The van der Waals surface area contributed by atoms with Crippen LogP contribution in [0.15, 0.2) is 23.7 Å². The number of hydrogen-bond donors (Lipinski definition) is 1. The first-order chi connectivity index (χ1) is 16.0. The molecule has 1 N–H and O–H groups in total. The van der Waals surface area contributed by atoms with Crippen LogP contribution in [0.4, 0.5) is 4.79 Å². The highest BCUT2D eigenvalue weighted by Gasteiger charge is 2.54. The standard InChI is InChI=1S/C25H32N4O3S/c1-3-25(23(30)29(24(31)27-25)12-8-22-17(2)26-16-33-22)20-6-10-28(11-7-20)15-18-4-5-21-19(14-18)9-13-32-21/h4-5,14,16,20H,3,6-13,15H2,1-2H3,(H,27,31)/t25-/m1/s1. The number of carbonyl (C=O) groups excluding carboxylic acids is 2. The monoisotopic (exact) mass is 468 g/mol. The zero-order chi connectivity index (χ0) is 23.0. The maximum atomic E-state index is 13.5. The zero-order valence-corrected chi connectivity index (χ0v) is 20.2. The smallest absolute Gasteiger partial charge is 0.325 e. The fourth-order valence-corrected chi connectivity index (χ4v) is 6.38. The summed E-state index contributed by atoms with van der Waals surface area (Å²) in [6.45, 7) is 7.97. The Hall–Kier alpha value is -2.45. The number of nitrogens with zero attached hydrogens (tertiary/aromatic N) is 3. The average molecular weight is 469 g/mol. The number of amides is 3. The molecule has 0 bridgehead atoms. The minimum Gasteiger partial charge on any atom is -0.493 e. The van der Waals surface area contributed by atoms with E-state index in [0.717, 1.165) is 61.8 Å². The molecule has 2 fully saturated rings. The van der Waals surface area contributed by atoms with Gasteiger partial charge in [0.15, 0.2) is 0 Å². The van der Waals surface area contributed by atoms with E-state index in [1.54, 1.807) is 11.3 Å². The van der Waals surface area contributed by atoms with E-state index in [2.05, 4.69) is 33.4 Å². The molecule has 0 spiro atoms. The van der Waals surface area contributed by atoms with Gasteiger partial charge in [0.2, 0.25) is 0 Å². The minimum atomic E-state index is -0.767. The highest BCUT2D eigenvalue weighted by atomic mass is 32.1. The molecular formula is C25H32N4O3S. The summed E-state index contributed by atoms with van der Waals surface area (Å²) >= 11 is 1.58. The lowest BCUT2D eigenvalue weighted by Crippen LogP contribution is -2.55. The van der Waals surface area contributed by atoms with Gasteiger partial charge in [-0.15, -0.1) is 11.3 Å². The number of carbonyl (C=O) groups is 2. The third-order valence-corrected chi connectivity index (χ3v) is 8.61. The first-order valence-electron chi connectivity index (χ1n) is 12.0. The summed E-state index contributed by atoms with van der Waals surface area (Å²) in [5.74, 6) is 1.14. The van der Waals surface area contributed by atoms with Crippen LogP contribution in [0.25, 0.3) is 0 Å². The second kappa shape index (κ2) is 9.06. The molecule has 8 heteroatoms. The summed E-state index contributed by atoms with van der Waals surface area (Å²) in [6.07, 6.45) is 4.11. The molecule has 3 aliphatic rings. The quantitative estimate of drug-likeness (QED) is 0.629. The Bertz CT molecular complexity index is 1050. The van der Waals surface area contributed by atoms with Crippen LogP contribution in [-0.2, 0) is 24.2 Å². The van der Waals surface area contributed by atoms with Crippen molar-refractivity contribution in [3.05, 3.63) is 45.4 Å². The maximum Gasteiger partial charge on any atom is 0.325 e. The van der Waals surface area contributed by atoms with Gasteiger partial charge in [0, 0.05) is 30.8 Å². The molecule has 0 aliphatic carbocycles. The maximum absolute atomic E-state index is 13.5. The van der Waals surface area contributed by atoms with Gasteiger partial charge in [0.05, 0.1) is 17.8 Å². The van der Waals surface area contributed by atoms with Crippen LogP contribution in [0.3, 0.4) is 0 Å². The van der Waals surface area contributed by atoms with E-state index in [1.165, 1.54) is 16.0 Å². The number of aromatic nitrogens is 1. The topological polar surface area (TPSA) is 74.8 Å². The van der Waals surface area contributed by atoms with E-state index in [1.807, 2.05) is 19.4 Å². The molecular weight excluding hydrogens is 436 g/mol. The fourth-order valence-electron chi connectivity index (χ4n) is 5.61. The number of fused-ring (bicyclic) bond motifs is 1. The van der Waals surface area contributed by atoms with E-state index in [9.17, 15) is 9.59 Å². The van der Waals surface area contributed by atoms with Crippen molar-refractivity contribution in [2.24, 2.45) is 5.92 Å². The number of aryl methyl sites for hydroxylation is 1. The number of imide groups is 1. The summed E-state index contributed by atoms with van der Waals surface area (Å²) in [4.78, 5) is 35.6. The van der Waals surface area contributed by atoms with Crippen molar-refractivity contribution in [1.29, 1.82) is 0 Å². The van der Waals surface area contributed by atoms with Crippen molar-refractivity contribution in [1.82, 2.24) is 20.1 Å². The Morgan fingerprint density at radius 2 is 2.09 bits per heavy atom. The van der Waals surface area contributed by atoms with E-state index in [0.29, 0.717) is 19.4 Å². The minimum absolute atomic E-state index is 0.0470. The number of likely N-dealkylation sites (tertiary alicyclic amines) is 1. The van der Waals surface area contributed by atoms with Gasteiger partial charge >= 0.3 is 6.03 Å². The predicted molar refractivity (Wildman–Crippen MR) is 127 cm³/mol. The Morgan fingerprint density at radius 1 is 1.27 bits per heavy atom. The first kappa shape index (κ1) is 22.3. The molecule has 7 nitrogen and oxygen atoms in total. The van der Waals surface area contributed by atoms with Gasteiger partial charge in [-0.25, -0.2) is 9.78 Å². The second-order valence-corrected chi connectivity index (χ2v) is 10.4. The third-order valence-electron chi connectivity index (χ3n) is 7.61. The van der Waals surface area contributed by atoms with E-state index in [4.69, 9.17) is 4.74 Å². The number of hydrogen-bond acceptors (Lipinski definition) is 6. The zero-order valence-electron chi connectivity index (χ0n) is 19.4. The number of rotatable bonds is 7. The van der Waals surface area contributed by atoms with Gasteiger partial charge in [-0.05, 0) is 62.4 Å². The lowest BCUT2D eigenvalue weighted by molar-refractivity contribution is -0.134. The Kier molecular flexibility index (Phi) is 6.14. The van der Waals surface area contributed by atoms with Crippen molar-refractivity contribution < 1.29 is 14.3 Å². The van der Waals surface area contributed by atoms with Gasteiger partial charge in [-0.3, -0.25) is 14.6 Å². The normalized spacial score (nSPS) is 23.6. The molecule has 1 atom stereocenters. The molecule has 3 amide bonds. The summed E-state index contributed by atoms with van der Waals surface area (Å²) in [6, 6.07) is 6.27. The molecule has 0 radical (unpaired) electrons. The molecule has 1 aromatic heterocycles. The molecule has 4 heterocycles.